The molecule has 4 rings (SSSR count). The number of allylic oxidation sites excluding steroid dienone is 4. The van der Waals surface area contributed by atoms with E-state index in [1.807, 2.05) is 6.07 Å². The van der Waals surface area contributed by atoms with Crippen LogP contribution < -0.4 is 16.6 Å². The molecular weight excluding hydrogens is 452 g/mol. The molecule has 0 amide bonds. The van der Waals surface area contributed by atoms with Gasteiger partial charge in [-0.25, -0.2) is 14.4 Å². The normalized spacial score (nSPS) is 14.8. The van der Waals surface area contributed by atoms with Gasteiger partial charge in [0.25, 0.3) is 5.56 Å². The second-order valence-corrected chi connectivity index (χ2v) is 7.70. The molecule has 0 fully saturated rings. The Morgan fingerprint density at radius 1 is 1.29 bits per heavy atom. The Labute approximate surface area is 190 Å². The number of alkyl halides is 3. The van der Waals surface area contributed by atoms with Crippen LogP contribution in [0.1, 0.15) is 42.6 Å². The molecule has 0 radical (unpaired) electrons. The van der Waals surface area contributed by atoms with Gasteiger partial charge in [0.2, 0.25) is 0 Å². The number of benzene rings is 1. The van der Waals surface area contributed by atoms with Crippen molar-refractivity contribution in [3.63, 3.8) is 0 Å². The summed E-state index contributed by atoms with van der Waals surface area (Å²) in [6, 6.07) is 6.07. The van der Waals surface area contributed by atoms with E-state index in [9.17, 15) is 27.6 Å². The molecule has 1 aliphatic rings. The first-order chi connectivity index (χ1) is 16.1. The number of aromatic nitrogens is 3. The van der Waals surface area contributed by atoms with Crippen molar-refractivity contribution in [3.05, 3.63) is 75.7 Å². The maximum absolute atomic E-state index is 14.1. The first-order valence-corrected chi connectivity index (χ1v) is 10.2. The zero-order chi connectivity index (χ0) is 24.6. The molecule has 3 aromatic rings. The van der Waals surface area contributed by atoms with Gasteiger partial charge in [0, 0.05) is 11.4 Å². The summed E-state index contributed by atoms with van der Waals surface area (Å²) in [5, 5.41) is 11.9. The molecule has 1 aromatic carbocycles. The van der Waals surface area contributed by atoms with Gasteiger partial charge < -0.3 is 11.1 Å². The van der Waals surface area contributed by atoms with Crippen molar-refractivity contribution >= 4 is 28.1 Å². The van der Waals surface area contributed by atoms with Gasteiger partial charge in [0.15, 0.2) is 0 Å². The Morgan fingerprint density at radius 3 is 2.74 bits per heavy atom. The molecule has 0 saturated carbocycles. The van der Waals surface area contributed by atoms with Gasteiger partial charge in [-0.05, 0) is 49.4 Å². The van der Waals surface area contributed by atoms with Crippen LogP contribution in [0.5, 0.6) is 0 Å². The van der Waals surface area contributed by atoms with Crippen LogP contribution in [-0.2, 0) is 6.18 Å². The summed E-state index contributed by atoms with van der Waals surface area (Å²) in [5.74, 6) is -0.547. The van der Waals surface area contributed by atoms with Crippen LogP contribution in [0.4, 0.5) is 29.2 Å². The molecule has 0 saturated heterocycles. The number of nitrogens with one attached hydrogen (secondary N) is 1. The third-order valence-corrected chi connectivity index (χ3v) is 5.50. The third kappa shape index (κ3) is 4.10. The lowest BCUT2D eigenvalue weighted by atomic mass is 10.0. The molecule has 34 heavy (non-hydrogen) atoms. The predicted molar refractivity (Wildman–Crippen MR) is 119 cm³/mol. The Hall–Kier alpha value is -4.20. The van der Waals surface area contributed by atoms with Gasteiger partial charge in [-0.1, -0.05) is 12.1 Å². The number of nitrogens with zero attached hydrogens (tertiary/aromatic N) is 4. The van der Waals surface area contributed by atoms with Crippen molar-refractivity contribution in [2.75, 3.05) is 11.1 Å². The first-order valence-electron chi connectivity index (χ1n) is 10.2. The number of nitrogens with two attached hydrogens (primary N) is 1. The average molecular weight is 470 g/mol. The maximum Gasteiger partial charge on any atom is 0.417 e. The first kappa shape index (κ1) is 23.0. The lowest BCUT2D eigenvalue weighted by Crippen LogP contribution is -2.28. The number of pyridine rings is 1. The number of fused-ring (bicyclic) bond motifs is 1. The Kier molecular flexibility index (Phi) is 5.83. The Morgan fingerprint density at radius 2 is 2.06 bits per heavy atom. The standard InChI is InChI=1S/C23H18F4N6O/c1-12(32-21-16(10-28)20(29)30-11-31-21)18-8-13-4-2-7-17(23(25,26)27)19(13)22(34)33(18)15-6-3-5-14(24)9-15/h2,4-5,7-9,11-12H,3,6H2,1H3,(H3,29,30,31,32)/t12-/m0/s1. The number of anilines is 2. The van der Waals surface area contributed by atoms with Crippen LogP contribution in [0.3, 0.4) is 0 Å². The molecule has 7 nitrogen and oxygen atoms in total. The fraction of sp³-hybridized carbons (Fsp3) is 0.217. The van der Waals surface area contributed by atoms with Gasteiger partial charge >= 0.3 is 6.18 Å². The molecular formula is C23H18F4N6O. The number of hydrogen-bond acceptors (Lipinski definition) is 6. The Balaban J connectivity index is 1.97. The largest absolute Gasteiger partial charge is 0.417 e. The maximum atomic E-state index is 14.1. The minimum atomic E-state index is -4.76. The van der Waals surface area contributed by atoms with E-state index in [1.165, 1.54) is 24.3 Å². The van der Waals surface area contributed by atoms with Crippen LogP contribution in [0.15, 0.2) is 53.4 Å². The summed E-state index contributed by atoms with van der Waals surface area (Å²) < 4.78 is 56.3. The summed E-state index contributed by atoms with van der Waals surface area (Å²) >= 11 is 0. The van der Waals surface area contributed by atoms with Crippen molar-refractivity contribution in [2.45, 2.75) is 32.0 Å². The van der Waals surface area contributed by atoms with Gasteiger partial charge in [-0.2, -0.15) is 18.4 Å². The van der Waals surface area contributed by atoms with E-state index in [0.29, 0.717) is 0 Å². The molecule has 2 aromatic heterocycles. The van der Waals surface area contributed by atoms with Crippen LogP contribution in [0.25, 0.3) is 16.5 Å². The topological polar surface area (TPSA) is 110 Å². The SMILES string of the molecule is C[C@H](Nc1ncnc(N)c1C#N)c1cc2cccc(C(F)(F)F)c2c(=O)n1C1=CC(F)=CCC1. The summed E-state index contributed by atoms with van der Waals surface area (Å²) in [5.41, 5.74) is 4.20. The summed E-state index contributed by atoms with van der Waals surface area (Å²) in [6.07, 6.45) is -0.609. The van der Waals surface area contributed by atoms with Crippen LogP contribution in [0, 0.1) is 11.3 Å². The quantitative estimate of drug-likeness (QED) is 0.524. The van der Waals surface area contributed by atoms with Crippen molar-refractivity contribution in [1.82, 2.24) is 14.5 Å². The lowest BCUT2D eigenvalue weighted by Gasteiger charge is -2.24. The van der Waals surface area contributed by atoms with E-state index in [-0.39, 0.29) is 46.8 Å². The summed E-state index contributed by atoms with van der Waals surface area (Å²) in [4.78, 5) is 21.3. The zero-order valence-corrected chi connectivity index (χ0v) is 17.8. The van der Waals surface area contributed by atoms with Gasteiger partial charge in [-0.3, -0.25) is 9.36 Å². The van der Waals surface area contributed by atoms with E-state index in [0.717, 1.165) is 23.0 Å². The monoisotopic (exact) mass is 470 g/mol. The van der Waals surface area contributed by atoms with E-state index in [2.05, 4.69) is 15.3 Å². The number of nitrogen functional groups attached to an aromatic ring is 1. The van der Waals surface area contributed by atoms with Crippen molar-refractivity contribution < 1.29 is 17.6 Å². The molecule has 0 aliphatic heterocycles. The molecule has 0 bridgehead atoms. The molecule has 174 valence electrons. The molecule has 3 N–H and O–H groups in total. The van der Waals surface area contributed by atoms with E-state index < -0.39 is 34.6 Å². The highest BCUT2D eigenvalue weighted by Crippen LogP contribution is 2.35. The fourth-order valence-corrected chi connectivity index (χ4v) is 3.96. The van der Waals surface area contributed by atoms with Crippen molar-refractivity contribution in [2.24, 2.45) is 0 Å². The highest BCUT2D eigenvalue weighted by molar-refractivity contribution is 5.87. The fourth-order valence-electron chi connectivity index (χ4n) is 3.96. The predicted octanol–water partition coefficient (Wildman–Crippen LogP) is 4.93. The number of rotatable bonds is 4. The zero-order valence-electron chi connectivity index (χ0n) is 17.8. The molecule has 0 unspecified atom stereocenters. The van der Waals surface area contributed by atoms with Crippen LogP contribution >= 0.6 is 0 Å². The van der Waals surface area contributed by atoms with Gasteiger partial charge in [-0.15, -0.1) is 0 Å². The molecule has 0 spiro atoms. The average Bonchev–Trinajstić information content (AvgIpc) is 2.78. The highest BCUT2D eigenvalue weighted by atomic mass is 19.4. The van der Waals surface area contributed by atoms with Crippen LogP contribution in [0.2, 0.25) is 0 Å². The van der Waals surface area contributed by atoms with Crippen LogP contribution in [-0.4, -0.2) is 14.5 Å². The summed E-state index contributed by atoms with van der Waals surface area (Å²) in [7, 11) is 0. The minimum absolute atomic E-state index is 0.0192. The van der Waals surface area contributed by atoms with E-state index in [4.69, 9.17) is 5.73 Å². The van der Waals surface area contributed by atoms with Gasteiger partial charge in [0.1, 0.15) is 35.4 Å². The summed E-state index contributed by atoms with van der Waals surface area (Å²) in [6.45, 7) is 1.64. The molecule has 1 atom stereocenters. The molecule has 2 heterocycles. The number of hydrogen-bond donors (Lipinski definition) is 2. The second-order valence-electron chi connectivity index (χ2n) is 7.70. The van der Waals surface area contributed by atoms with Crippen molar-refractivity contribution in [3.8, 4) is 6.07 Å². The van der Waals surface area contributed by atoms with E-state index >= 15 is 0 Å². The molecule has 1 aliphatic carbocycles. The van der Waals surface area contributed by atoms with Crippen molar-refractivity contribution in [1.29, 1.82) is 5.26 Å². The second kappa shape index (κ2) is 8.62. The lowest BCUT2D eigenvalue weighted by molar-refractivity contribution is -0.136. The Bertz CT molecular complexity index is 1450. The van der Waals surface area contributed by atoms with E-state index in [1.54, 1.807) is 6.92 Å². The highest BCUT2D eigenvalue weighted by Gasteiger charge is 2.34. The number of halogens is 4. The van der Waals surface area contributed by atoms with Gasteiger partial charge in [0.05, 0.1) is 17.0 Å². The number of nitriles is 1. The minimum Gasteiger partial charge on any atom is -0.382 e. The third-order valence-electron chi connectivity index (χ3n) is 5.50. The smallest absolute Gasteiger partial charge is 0.382 e. The molecule has 11 heteroatoms.